The van der Waals surface area contributed by atoms with Gasteiger partial charge in [-0.3, -0.25) is 0 Å². The van der Waals surface area contributed by atoms with Gasteiger partial charge in [-0.05, 0) is 68.5 Å². The summed E-state index contributed by atoms with van der Waals surface area (Å²) in [6.45, 7) is 0.863. The van der Waals surface area contributed by atoms with Crippen LogP contribution in [0.15, 0.2) is 52.6 Å². The number of hydrogen-bond acceptors (Lipinski definition) is 7. The van der Waals surface area contributed by atoms with Crippen LogP contribution in [-0.4, -0.2) is 34.0 Å². The number of hydrogen-bond donors (Lipinski definition) is 1. The number of anilines is 1. The topological polar surface area (TPSA) is 86.0 Å². The van der Waals surface area contributed by atoms with Gasteiger partial charge in [0.15, 0.2) is 5.69 Å². The summed E-state index contributed by atoms with van der Waals surface area (Å²) in [5, 5.41) is 15.8. The van der Waals surface area contributed by atoms with Gasteiger partial charge in [0.2, 0.25) is 5.82 Å². The van der Waals surface area contributed by atoms with Crippen LogP contribution in [-0.2, 0) is 0 Å². The van der Waals surface area contributed by atoms with E-state index in [0.29, 0.717) is 17.4 Å². The molecule has 0 saturated heterocycles. The van der Waals surface area contributed by atoms with Crippen LogP contribution < -0.4 is 10.1 Å². The average Bonchev–Trinajstić information content (AvgIpc) is 3.25. The highest BCUT2D eigenvalue weighted by atomic mass is 16.5. The van der Waals surface area contributed by atoms with Crippen LogP contribution >= 0.6 is 0 Å². The second-order valence-corrected chi connectivity index (χ2v) is 6.74. The summed E-state index contributed by atoms with van der Waals surface area (Å²) in [6, 6.07) is 11.2. The van der Waals surface area contributed by atoms with Gasteiger partial charge in [0.1, 0.15) is 11.6 Å². The Morgan fingerprint density at radius 1 is 1.07 bits per heavy atom. The molecule has 7 heteroatoms. The van der Waals surface area contributed by atoms with Crippen LogP contribution in [0, 0.1) is 0 Å². The quantitative estimate of drug-likeness (QED) is 0.606. The first-order chi connectivity index (χ1) is 13.8. The maximum absolute atomic E-state index is 5.34. The van der Waals surface area contributed by atoms with Gasteiger partial charge in [0, 0.05) is 12.1 Å². The second kappa shape index (κ2) is 8.65. The Morgan fingerprint density at radius 2 is 1.96 bits per heavy atom. The minimum atomic E-state index is 0.345. The van der Waals surface area contributed by atoms with Gasteiger partial charge in [-0.25, -0.2) is 0 Å². The van der Waals surface area contributed by atoms with E-state index in [1.165, 1.54) is 25.7 Å². The molecule has 1 aliphatic carbocycles. The van der Waals surface area contributed by atoms with Gasteiger partial charge in [-0.2, -0.15) is 4.98 Å². The van der Waals surface area contributed by atoms with Crippen molar-refractivity contribution >= 4 is 5.82 Å². The molecule has 1 aromatic carbocycles. The van der Waals surface area contributed by atoms with E-state index >= 15 is 0 Å². The number of ether oxygens (including phenoxy) is 1. The highest BCUT2D eigenvalue weighted by Gasteiger charge is 2.12. The lowest BCUT2D eigenvalue weighted by Crippen LogP contribution is -2.06. The number of rotatable bonds is 7. The van der Waals surface area contributed by atoms with Crippen molar-refractivity contribution in [3.8, 4) is 28.7 Å². The van der Waals surface area contributed by atoms with Crippen LogP contribution in [0.4, 0.5) is 5.82 Å². The lowest BCUT2D eigenvalue weighted by atomic mass is 9.97. The molecule has 144 valence electrons. The zero-order valence-corrected chi connectivity index (χ0v) is 15.9. The zero-order valence-electron chi connectivity index (χ0n) is 15.9. The van der Waals surface area contributed by atoms with Crippen molar-refractivity contribution < 1.29 is 9.26 Å². The number of nitrogens with zero attached hydrogens (tertiary/aromatic N) is 4. The van der Waals surface area contributed by atoms with Gasteiger partial charge in [-0.15, -0.1) is 10.2 Å². The highest BCUT2D eigenvalue weighted by Crippen LogP contribution is 2.23. The Labute approximate surface area is 163 Å². The summed E-state index contributed by atoms with van der Waals surface area (Å²) >= 11 is 0. The summed E-state index contributed by atoms with van der Waals surface area (Å²) in [6.07, 6.45) is 8.49. The number of allylic oxidation sites excluding steroid dienone is 1. The Balaban J connectivity index is 1.37. The molecule has 7 nitrogen and oxygen atoms in total. The maximum Gasteiger partial charge on any atom is 0.278 e. The third kappa shape index (κ3) is 4.36. The predicted octanol–water partition coefficient (Wildman–Crippen LogP) is 4.50. The number of nitrogens with one attached hydrogen (secondary N) is 1. The molecule has 28 heavy (non-hydrogen) atoms. The summed E-state index contributed by atoms with van der Waals surface area (Å²) in [5.74, 6) is 2.37. The van der Waals surface area contributed by atoms with Gasteiger partial charge >= 0.3 is 0 Å². The third-order valence-corrected chi connectivity index (χ3v) is 4.80. The average molecular weight is 377 g/mol. The molecule has 0 fully saturated rings. The summed E-state index contributed by atoms with van der Waals surface area (Å²) in [7, 11) is 1.63. The normalized spacial score (nSPS) is 13.8. The van der Waals surface area contributed by atoms with Crippen molar-refractivity contribution in [2.75, 3.05) is 19.0 Å². The van der Waals surface area contributed by atoms with Gasteiger partial charge in [-0.1, -0.05) is 16.8 Å². The Morgan fingerprint density at radius 3 is 2.68 bits per heavy atom. The molecule has 3 aromatic rings. The van der Waals surface area contributed by atoms with Crippen LogP contribution in [0.3, 0.4) is 0 Å². The summed E-state index contributed by atoms with van der Waals surface area (Å²) in [4.78, 5) is 4.41. The van der Waals surface area contributed by atoms with Crippen LogP contribution in [0.5, 0.6) is 5.75 Å². The molecule has 0 amide bonds. The molecule has 0 saturated carbocycles. The van der Waals surface area contributed by atoms with E-state index in [1.54, 1.807) is 12.7 Å². The van der Waals surface area contributed by atoms with Gasteiger partial charge in [0.05, 0.1) is 7.11 Å². The largest absolute Gasteiger partial charge is 0.497 e. The molecule has 4 rings (SSSR count). The predicted molar refractivity (Wildman–Crippen MR) is 107 cm³/mol. The fourth-order valence-electron chi connectivity index (χ4n) is 3.21. The van der Waals surface area contributed by atoms with Crippen LogP contribution in [0.25, 0.3) is 23.0 Å². The number of aromatic nitrogens is 4. The van der Waals surface area contributed by atoms with Crippen molar-refractivity contribution in [3.05, 3.63) is 48.0 Å². The van der Waals surface area contributed by atoms with E-state index < -0.39 is 0 Å². The molecular formula is C21H23N5O2. The Hall–Kier alpha value is -3.22. The van der Waals surface area contributed by atoms with Crippen LogP contribution in [0.1, 0.15) is 32.1 Å². The maximum atomic E-state index is 5.34. The first kappa shape index (κ1) is 18.2. The Kier molecular flexibility index (Phi) is 5.61. The lowest BCUT2D eigenvalue weighted by Gasteiger charge is -2.12. The second-order valence-electron chi connectivity index (χ2n) is 6.74. The van der Waals surface area contributed by atoms with E-state index in [2.05, 4.69) is 31.7 Å². The molecule has 0 atom stereocenters. The minimum absolute atomic E-state index is 0.345. The van der Waals surface area contributed by atoms with Gasteiger partial charge < -0.3 is 14.6 Å². The summed E-state index contributed by atoms with van der Waals surface area (Å²) < 4.78 is 10.5. The molecular weight excluding hydrogens is 354 g/mol. The molecule has 1 aliphatic rings. The zero-order chi connectivity index (χ0) is 19.2. The van der Waals surface area contributed by atoms with Crippen molar-refractivity contribution in [2.24, 2.45) is 0 Å². The van der Waals surface area contributed by atoms with Crippen molar-refractivity contribution in [1.82, 2.24) is 20.3 Å². The molecule has 2 aromatic heterocycles. The van der Waals surface area contributed by atoms with E-state index in [-0.39, 0.29) is 0 Å². The third-order valence-electron chi connectivity index (χ3n) is 4.80. The monoisotopic (exact) mass is 377 g/mol. The van der Waals surface area contributed by atoms with Crippen molar-refractivity contribution in [2.45, 2.75) is 32.1 Å². The molecule has 0 bridgehead atoms. The van der Waals surface area contributed by atoms with Crippen molar-refractivity contribution in [3.63, 3.8) is 0 Å². The molecule has 0 radical (unpaired) electrons. The highest BCUT2D eigenvalue weighted by molar-refractivity contribution is 5.59. The van der Waals surface area contributed by atoms with E-state index in [4.69, 9.17) is 9.26 Å². The first-order valence-corrected chi connectivity index (χ1v) is 9.56. The number of benzene rings is 1. The standard InChI is InChI=1S/C21H23N5O2/c1-27-17-9-7-16(8-10-17)20-23-21(28-26-20)18-11-12-19(25-24-18)22-14-13-15-5-3-2-4-6-15/h5,7-12H,2-4,6,13-14H2,1H3,(H,22,25). The Bertz CT molecular complexity index is 932. The minimum Gasteiger partial charge on any atom is -0.497 e. The summed E-state index contributed by atoms with van der Waals surface area (Å²) in [5.41, 5.74) is 2.94. The number of methoxy groups -OCH3 is 1. The molecule has 1 N–H and O–H groups in total. The van der Waals surface area contributed by atoms with Crippen molar-refractivity contribution in [1.29, 1.82) is 0 Å². The van der Waals surface area contributed by atoms with E-state index in [9.17, 15) is 0 Å². The smallest absolute Gasteiger partial charge is 0.278 e. The lowest BCUT2D eigenvalue weighted by molar-refractivity contribution is 0.414. The molecule has 0 aliphatic heterocycles. The SMILES string of the molecule is COc1ccc(-c2noc(-c3ccc(NCCC4=CCCCC4)nn3)n2)cc1. The van der Waals surface area contributed by atoms with E-state index in [1.807, 2.05) is 36.4 Å². The molecule has 2 heterocycles. The first-order valence-electron chi connectivity index (χ1n) is 9.56. The van der Waals surface area contributed by atoms with Crippen LogP contribution in [0.2, 0.25) is 0 Å². The molecule has 0 unspecified atom stereocenters. The fraction of sp³-hybridized carbons (Fsp3) is 0.333. The molecule has 0 spiro atoms. The van der Waals surface area contributed by atoms with E-state index in [0.717, 1.165) is 30.1 Å². The fourth-order valence-corrected chi connectivity index (χ4v) is 3.21. The van der Waals surface area contributed by atoms with Gasteiger partial charge in [0.25, 0.3) is 5.89 Å².